The summed E-state index contributed by atoms with van der Waals surface area (Å²) in [5.74, 6) is 0. The number of hydrogen-bond acceptors (Lipinski definition) is 1. The quantitative estimate of drug-likeness (QED) is 0.614. The van der Waals surface area contributed by atoms with Gasteiger partial charge in [0.1, 0.15) is 0 Å². The van der Waals surface area contributed by atoms with E-state index >= 15 is 0 Å². The zero-order chi connectivity index (χ0) is 11.8. The molecule has 0 atom stereocenters. The fourth-order valence-corrected chi connectivity index (χ4v) is 2.29. The first-order valence-corrected chi connectivity index (χ1v) is 5.76. The minimum absolute atomic E-state index is 1.05. The van der Waals surface area contributed by atoms with Gasteiger partial charge >= 0.3 is 0 Å². The van der Waals surface area contributed by atoms with Gasteiger partial charge < -0.3 is 4.57 Å². The van der Waals surface area contributed by atoms with Crippen LogP contribution in [0.2, 0.25) is 0 Å². The van der Waals surface area contributed by atoms with E-state index in [2.05, 4.69) is 53.0 Å². The number of hydrogen-bond donors (Lipinski definition) is 0. The second kappa shape index (κ2) is 3.74. The van der Waals surface area contributed by atoms with Gasteiger partial charge in [0.05, 0.1) is 11.4 Å². The van der Waals surface area contributed by atoms with E-state index in [1.165, 1.54) is 16.5 Å². The highest BCUT2D eigenvalue weighted by Gasteiger charge is 2.08. The molecule has 0 aliphatic carbocycles. The summed E-state index contributed by atoms with van der Waals surface area (Å²) < 4.78 is 2.22. The van der Waals surface area contributed by atoms with E-state index in [1.807, 2.05) is 19.2 Å². The minimum Gasteiger partial charge on any atom is -0.318 e. The van der Waals surface area contributed by atoms with E-state index < -0.39 is 0 Å². The molecule has 2 heteroatoms. The highest BCUT2D eigenvalue weighted by Crippen LogP contribution is 2.24. The van der Waals surface area contributed by atoms with Crippen LogP contribution in [-0.2, 0) is 0 Å². The van der Waals surface area contributed by atoms with Crippen molar-refractivity contribution in [1.82, 2.24) is 9.55 Å². The number of benzene rings is 1. The summed E-state index contributed by atoms with van der Waals surface area (Å²) in [4.78, 5) is 4.35. The number of aryl methyl sites for hydroxylation is 2. The molecule has 17 heavy (non-hydrogen) atoms. The topological polar surface area (TPSA) is 17.8 Å². The summed E-state index contributed by atoms with van der Waals surface area (Å²) >= 11 is 0. The fourth-order valence-electron chi connectivity index (χ4n) is 2.29. The maximum atomic E-state index is 4.35. The van der Waals surface area contributed by atoms with E-state index in [1.54, 1.807) is 0 Å². The Labute approximate surface area is 101 Å². The van der Waals surface area contributed by atoms with E-state index in [-0.39, 0.29) is 0 Å². The zero-order valence-corrected chi connectivity index (χ0v) is 10.0. The molecular weight excluding hydrogens is 208 g/mol. The number of nitrogens with zero attached hydrogens (tertiary/aromatic N) is 2. The molecule has 0 amide bonds. The molecule has 0 spiro atoms. The van der Waals surface area contributed by atoms with Crippen LogP contribution in [0.3, 0.4) is 0 Å². The Morgan fingerprint density at radius 2 is 1.82 bits per heavy atom. The summed E-state index contributed by atoms with van der Waals surface area (Å²) in [5, 5.41) is 2.57. The molecule has 0 bridgehead atoms. The standard InChI is InChI=1S/C15H14N2/c1-11-15(8-5-9-16-11)17-10-13-6-3-4-7-14(13)12(17)2/h3-10H,1-2H3. The number of aromatic nitrogens is 2. The Kier molecular flexibility index (Phi) is 2.22. The third kappa shape index (κ3) is 1.53. The van der Waals surface area contributed by atoms with Gasteiger partial charge in [-0.1, -0.05) is 24.3 Å². The summed E-state index contributed by atoms with van der Waals surface area (Å²) in [6.07, 6.45) is 4.01. The predicted octanol–water partition coefficient (Wildman–Crippen LogP) is 3.64. The van der Waals surface area contributed by atoms with Gasteiger partial charge in [-0.3, -0.25) is 4.98 Å². The van der Waals surface area contributed by atoms with Crippen molar-refractivity contribution in [2.45, 2.75) is 13.8 Å². The van der Waals surface area contributed by atoms with Gasteiger partial charge in [-0.25, -0.2) is 0 Å². The van der Waals surface area contributed by atoms with Gasteiger partial charge in [0.25, 0.3) is 0 Å². The molecule has 3 aromatic rings. The predicted molar refractivity (Wildman–Crippen MR) is 70.5 cm³/mol. The summed E-state index contributed by atoms with van der Waals surface area (Å²) in [5.41, 5.74) is 3.47. The first-order valence-electron chi connectivity index (χ1n) is 5.76. The molecule has 0 saturated carbocycles. The molecule has 2 aromatic heterocycles. The first kappa shape index (κ1) is 10.1. The van der Waals surface area contributed by atoms with E-state index in [0.717, 1.165) is 11.4 Å². The lowest BCUT2D eigenvalue weighted by atomic mass is 10.2. The summed E-state index contributed by atoms with van der Waals surface area (Å²) in [6.45, 7) is 4.19. The Morgan fingerprint density at radius 1 is 1.00 bits per heavy atom. The van der Waals surface area contributed by atoms with Gasteiger partial charge in [0, 0.05) is 28.9 Å². The second-order valence-corrected chi connectivity index (χ2v) is 4.28. The molecule has 0 aliphatic rings. The van der Waals surface area contributed by atoms with Crippen molar-refractivity contribution < 1.29 is 0 Å². The molecule has 0 radical (unpaired) electrons. The van der Waals surface area contributed by atoms with Crippen molar-refractivity contribution in [3.05, 3.63) is 60.2 Å². The van der Waals surface area contributed by atoms with Crippen LogP contribution in [0.1, 0.15) is 11.4 Å². The molecule has 3 rings (SSSR count). The number of rotatable bonds is 1. The molecular formula is C15H14N2. The molecule has 0 fully saturated rings. The molecule has 2 heterocycles. The SMILES string of the molecule is Cc1ncccc1-n1cc2ccccc2c1C. The maximum absolute atomic E-state index is 4.35. The lowest BCUT2D eigenvalue weighted by molar-refractivity contribution is 0.983. The molecule has 0 N–H and O–H groups in total. The van der Waals surface area contributed by atoms with Crippen LogP contribution in [0.5, 0.6) is 0 Å². The van der Waals surface area contributed by atoms with Crippen molar-refractivity contribution in [3.8, 4) is 5.69 Å². The smallest absolute Gasteiger partial charge is 0.0665 e. The molecule has 0 saturated heterocycles. The van der Waals surface area contributed by atoms with Crippen molar-refractivity contribution in [1.29, 1.82) is 0 Å². The largest absolute Gasteiger partial charge is 0.318 e. The van der Waals surface area contributed by atoms with E-state index in [0.29, 0.717) is 0 Å². The fraction of sp³-hybridized carbons (Fsp3) is 0.133. The second-order valence-electron chi connectivity index (χ2n) is 4.28. The van der Waals surface area contributed by atoms with Crippen LogP contribution in [0.25, 0.3) is 16.5 Å². The van der Waals surface area contributed by atoms with Gasteiger partial charge in [-0.15, -0.1) is 0 Å². The molecule has 0 unspecified atom stereocenters. The van der Waals surface area contributed by atoms with Gasteiger partial charge in [0.15, 0.2) is 0 Å². The van der Waals surface area contributed by atoms with E-state index in [9.17, 15) is 0 Å². The number of fused-ring (bicyclic) bond motifs is 1. The van der Waals surface area contributed by atoms with Crippen LogP contribution in [0, 0.1) is 13.8 Å². The average Bonchev–Trinajstić information content (AvgIpc) is 2.68. The van der Waals surface area contributed by atoms with Crippen LogP contribution < -0.4 is 0 Å². The van der Waals surface area contributed by atoms with Gasteiger partial charge in [0.2, 0.25) is 0 Å². The van der Waals surface area contributed by atoms with Crippen LogP contribution >= 0.6 is 0 Å². The third-order valence-electron chi connectivity index (χ3n) is 3.22. The minimum atomic E-state index is 1.05. The van der Waals surface area contributed by atoms with Crippen molar-refractivity contribution in [2.75, 3.05) is 0 Å². The normalized spacial score (nSPS) is 10.9. The van der Waals surface area contributed by atoms with Crippen molar-refractivity contribution in [3.63, 3.8) is 0 Å². The molecule has 2 nitrogen and oxygen atoms in total. The van der Waals surface area contributed by atoms with Crippen molar-refractivity contribution in [2.24, 2.45) is 0 Å². The Bertz CT molecular complexity index is 680. The highest BCUT2D eigenvalue weighted by molar-refractivity contribution is 5.86. The summed E-state index contributed by atoms with van der Waals surface area (Å²) in [7, 11) is 0. The Morgan fingerprint density at radius 3 is 2.59 bits per heavy atom. The van der Waals surface area contributed by atoms with Crippen molar-refractivity contribution >= 4 is 10.8 Å². The molecule has 0 aliphatic heterocycles. The van der Waals surface area contributed by atoms with Crippen LogP contribution in [-0.4, -0.2) is 9.55 Å². The monoisotopic (exact) mass is 222 g/mol. The average molecular weight is 222 g/mol. The van der Waals surface area contributed by atoms with Gasteiger partial charge in [-0.2, -0.15) is 0 Å². The first-order chi connectivity index (χ1) is 8.27. The highest BCUT2D eigenvalue weighted by atomic mass is 15.0. The van der Waals surface area contributed by atoms with Gasteiger partial charge in [-0.05, 0) is 26.0 Å². The van der Waals surface area contributed by atoms with Crippen LogP contribution in [0.15, 0.2) is 48.8 Å². The maximum Gasteiger partial charge on any atom is 0.0665 e. The summed E-state index contributed by atoms with van der Waals surface area (Å²) in [6, 6.07) is 12.5. The zero-order valence-electron chi connectivity index (χ0n) is 10.0. The molecule has 1 aromatic carbocycles. The Hall–Kier alpha value is -2.09. The third-order valence-corrected chi connectivity index (χ3v) is 3.22. The van der Waals surface area contributed by atoms with E-state index in [4.69, 9.17) is 0 Å². The Balaban J connectivity index is 2.32. The lowest BCUT2D eigenvalue weighted by Gasteiger charge is -2.08. The molecule has 84 valence electrons. The van der Waals surface area contributed by atoms with Crippen LogP contribution in [0.4, 0.5) is 0 Å². The number of pyridine rings is 1. The lowest BCUT2D eigenvalue weighted by Crippen LogP contribution is -1.98.